The van der Waals surface area contributed by atoms with Gasteiger partial charge in [0, 0.05) is 19.3 Å². The SMILES string of the molecule is c1cn(C2CCCC2)nc1CNCCOC1CCCCC1. The molecule has 2 aliphatic carbocycles. The van der Waals surface area contributed by atoms with Crippen molar-refractivity contribution in [1.82, 2.24) is 15.1 Å². The van der Waals surface area contributed by atoms with Gasteiger partial charge < -0.3 is 10.1 Å². The molecule has 2 saturated carbocycles. The van der Waals surface area contributed by atoms with E-state index in [4.69, 9.17) is 9.84 Å². The molecule has 21 heavy (non-hydrogen) atoms. The molecule has 0 aromatic carbocycles. The largest absolute Gasteiger partial charge is 0.377 e. The van der Waals surface area contributed by atoms with Crippen LogP contribution in [0.2, 0.25) is 0 Å². The van der Waals surface area contributed by atoms with Crippen molar-refractivity contribution < 1.29 is 4.74 Å². The first-order valence-corrected chi connectivity index (χ1v) is 8.78. The molecule has 0 amide bonds. The Morgan fingerprint density at radius 3 is 2.67 bits per heavy atom. The molecule has 2 fully saturated rings. The lowest BCUT2D eigenvalue weighted by Gasteiger charge is -2.21. The summed E-state index contributed by atoms with van der Waals surface area (Å²) in [6.45, 7) is 2.61. The molecule has 0 bridgehead atoms. The Kier molecular flexibility index (Phi) is 5.69. The quantitative estimate of drug-likeness (QED) is 0.782. The van der Waals surface area contributed by atoms with E-state index < -0.39 is 0 Å². The molecule has 0 unspecified atom stereocenters. The summed E-state index contributed by atoms with van der Waals surface area (Å²) in [5.74, 6) is 0. The molecule has 0 spiro atoms. The van der Waals surface area contributed by atoms with Crippen molar-refractivity contribution in [3.8, 4) is 0 Å². The summed E-state index contributed by atoms with van der Waals surface area (Å²) in [4.78, 5) is 0. The molecule has 118 valence electrons. The molecule has 4 heteroatoms. The van der Waals surface area contributed by atoms with Crippen LogP contribution >= 0.6 is 0 Å². The van der Waals surface area contributed by atoms with Gasteiger partial charge in [-0.3, -0.25) is 4.68 Å². The Balaban J connectivity index is 1.30. The van der Waals surface area contributed by atoms with Crippen LogP contribution in [0, 0.1) is 0 Å². The van der Waals surface area contributed by atoms with Crippen LogP contribution in [0.1, 0.15) is 69.5 Å². The highest BCUT2D eigenvalue weighted by Crippen LogP contribution is 2.28. The zero-order chi connectivity index (χ0) is 14.3. The minimum atomic E-state index is 0.516. The summed E-state index contributed by atoms with van der Waals surface area (Å²) in [5, 5.41) is 8.14. The number of nitrogens with zero attached hydrogens (tertiary/aromatic N) is 2. The number of aromatic nitrogens is 2. The molecule has 0 saturated heterocycles. The highest BCUT2D eigenvalue weighted by molar-refractivity contribution is 4.99. The lowest BCUT2D eigenvalue weighted by atomic mass is 9.98. The van der Waals surface area contributed by atoms with Gasteiger partial charge in [0.15, 0.2) is 0 Å². The molecule has 3 rings (SSSR count). The van der Waals surface area contributed by atoms with Crippen molar-refractivity contribution in [2.75, 3.05) is 13.2 Å². The topological polar surface area (TPSA) is 39.1 Å². The van der Waals surface area contributed by atoms with Crippen molar-refractivity contribution >= 4 is 0 Å². The van der Waals surface area contributed by atoms with Gasteiger partial charge >= 0.3 is 0 Å². The lowest BCUT2D eigenvalue weighted by molar-refractivity contribution is 0.0302. The summed E-state index contributed by atoms with van der Waals surface area (Å²) >= 11 is 0. The fourth-order valence-corrected chi connectivity index (χ4v) is 3.59. The van der Waals surface area contributed by atoms with Crippen LogP contribution < -0.4 is 5.32 Å². The Hall–Kier alpha value is -0.870. The van der Waals surface area contributed by atoms with E-state index in [1.54, 1.807) is 0 Å². The van der Waals surface area contributed by atoms with E-state index in [0.717, 1.165) is 25.4 Å². The third-order valence-corrected chi connectivity index (χ3v) is 4.85. The molecule has 2 aliphatic rings. The third-order valence-electron chi connectivity index (χ3n) is 4.85. The minimum absolute atomic E-state index is 0.516. The molecule has 1 aromatic heterocycles. The van der Waals surface area contributed by atoms with E-state index >= 15 is 0 Å². The Morgan fingerprint density at radius 1 is 1.10 bits per heavy atom. The van der Waals surface area contributed by atoms with Crippen LogP contribution in [0.25, 0.3) is 0 Å². The van der Waals surface area contributed by atoms with Crippen LogP contribution in [-0.4, -0.2) is 29.0 Å². The predicted molar refractivity (Wildman–Crippen MR) is 84.3 cm³/mol. The van der Waals surface area contributed by atoms with E-state index in [0.29, 0.717) is 12.1 Å². The molecule has 1 N–H and O–H groups in total. The zero-order valence-electron chi connectivity index (χ0n) is 13.1. The average molecular weight is 291 g/mol. The second kappa shape index (κ2) is 7.95. The molecule has 4 nitrogen and oxygen atoms in total. The second-order valence-corrected chi connectivity index (χ2v) is 6.53. The van der Waals surface area contributed by atoms with E-state index in [1.807, 2.05) is 0 Å². The molecule has 0 radical (unpaired) electrons. The van der Waals surface area contributed by atoms with Crippen LogP contribution in [0.3, 0.4) is 0 Å². The smallest absolute Gasteiger partial charge is 0.0762 e. The molecular weight excluding hydrogens is 262 g/mol. The Morgan fingerprint density at radius 2 is 1.86 bits per heavy atom. The number of ether oxygens (including phenoxy) is 1. The fourth-order valence-electron chi connectivity index (χ4n) is 3.59. The van der Waals surface area contributed by atoms with E-state index in [-0.39, 0.29) is 0 Å². The van der Waals surface area contributed by atoms with Crippen molar-refractivity contribution in [1.29, 1.82) is 0 Å². The maximum Gasteiger partial charge on any atom is 0.0762 e. The monoisotopic (exact) mass is 291 g/mol. The van der Waals surface area contributed by atoms with Gasteiger partial charge in [0.05, 0.1) is 24.4 Å². The van der Waals surface area contributed by atoms with Crippen molar-refractivity contribution in [2.45, 2.75) is 76.5 Å². The number of rotatable bonds is 7. The molecule has 1 heterocycles. The van der Waals surface area contributed by atoms with Crippen LogP contribution in [0.15, 0.2) is 12.3 Å². The Labute approximate surface area is 128 Å². The lowest BCUT2D eigenvalue weighted by Crippen LogP contribution is -2.24. The first-order valence-electron chi connectivity index (χ1n) is 8.78. The van der Waals surface area contributed by atoms with Gasteiger partial charge in [-0.25, -0.2) is 0 Å². The first kappa shape index (κ1) is 15.0. The van der Waals surface area contributed by atoms with Crippen molar-refractivity contribution in [2.24, 2.45) is 0 Å². The maximum atomic E-state index is 5.92. The fraction of sp³-hybridized carbons (Fsp3) is 0.824. The van der Waals surface area contributed by atoms with Gasteiger partial charge in [0.1, 0.15) is 0 Å². The van der Waals surface area contributed by atoms with Crippen LogP contribution in [0.4, 0.5) is 0 Å². The van der Waals surface area contributed by atoms with Gasteiger partial charge in [-0.1, -0.05) is 32.1 Å². The Bertz CT molecular complexity index is 406. The van der Waals surface area contributed by atoms with Gasteiger partial charge in [-0.05, 0) is 31.7 Å². The van der Waals surface area contributed by atoms with Crippen molar-refractivity contribution in [3.05, 3.63) is 18.0 Å². The summed E-state index contributed by atoms with van der Waals surface area (Å²) in [6, 6.07) is 2.79. The second-order valence-electron chi connectivity index (χ2n) is 6.53. The van der Waals surface area contributed by atoms with E-state index in [1.165, 1.54) is 57.8 Å². The van der Waals surface area contributed by atoms with E-state index in [9.17, 15) is 0 Å². The molecule has 1 aromatic rings. The zero-order valence-corrected chi connectivity index (χ0v) is 13.1. The number of hydrogen-bond donors (Lipinski definition) is 1. The molecule has 0 aliphatic heterocycles. The first-order chi connectivity index (χ1) is 10.4. The summed E-state index contributed by atoms with van der Waals surface area (Å²) < 4.78 is 8.09. The third kappa shape index (κ3) is 4.55. The molecule has 0 atom stereocenters. The van der Waals surface area contributed by atoms with Gasteiger partial charge in [-0.15, -0.1) is 0 Å². The minimum Gasteiger partial charge on any atom is -0.377 e. The van der Waals surface area contributed by atoms with Gasteiger partial charge in [-0.2, -0.15) is 5.10 Å². The summed E-state index contributed by atoms with van der Waals surface area (Å²) in [5.41, 5.74) is 1.15. The number of nitrogens with one attached hydrogen (secondary N) is 1. The van der Waals surface area contributed by atoms with Crippen LogP contribution in [-0.2, 0) is 11.3 Å². The average Bonchev–Trinajstić information content (AvgIpc) is 3.19. The van der Waals surface area contributed by atoms with Gasteiger partial charge in [0.2, 0.25) is 0 Å². The molecular formula is C17H29N3O. The highest BCUT2D eigenvalue weighted by Gasteiger charge is 2.17. The van der Waals surface area contributed by atoms with Gasteiger partial charge in [0.25, 0.3) is 0 Å². The maximum absolute atomic E-state index is 5.92. The number of hydrogen-bond acceptors (Lipinski definition) is 3. The van der Waals surface area contributed by atoms with E-state index in [2.05, 4.69) is 22.3 Å². The highest BCUT2D eigenvalue weighted by atomic mass is 16.5. The van der Waals surface area contributed by atoms with Crippen LogP contribution in [0.5, 0.6) is 0 Å². The summed E-state index contributed by atoms with van der Waals surface area (Å²) in [7, 11) is 0. The standard InChI is InChI=1S/C17H29N3O/c1-2-8-17(9-3-1)21-13-11-18-14-15-10-12-20(19-15)16-6-4-5-7-16/h10,12,16-18H,1-9,11,13-14H2. The normalized spacial score (nSPS) is 21.1. The van der Waals surface area contributed by atoms with Crippen molar-refractivity contribution in [3.63, 3.8) is 0 Å². The predicted octanol–water partition coefficient (Wildman–Crippen LogP) is 3.44. The summed E-state index contributed by atoms with van der Waals surface area (Å²) in [6.07, 6.45) is 14.6.